The lowest BCUT2D eigenvalue weighted by atomic mass is 9.94. The fraction of sp³-hybridized carbons (Fsp3) is 0.684. The van der Waals surface area contributed by atoms with Gasteiger partial charge in [0.1, 0.15) is 0 Å². The molecule has 1 atom stereocenters. The van der Waals surface area contributed by atoms with Crippen molar-refractivity contribution in [2.75, 3.05) is 32.7 Å². The molecule has 2 aliphatic heterocycles. The van der Waals surface area contributed by atoms with Gasteiger partial charge in [-0.2, -0.15) is 0 Å². The van der Waals surface area contributed by atoms with Gasteiger partial charge in [0.15, 0.2) is 0 Å². The summed E-state index contributed by atoms with van der Waals surface area (Å²) in [4.78, 5) is 29.7. The predicted molar refractivity (Wildman–Crippen MR) is 100 cm³/mol. The molecule has 6 heteroatoms. The minimum atomic E-state index is -0.0310. The lowest BCUT2D eigenvalue weighted by molar-refractivity contribution is -0.134. The predicted octanol–water partition coefficient (Wildman–Crippen LogP) is 2.33. The maximum atomic E-state index is 12.4. The molecule has 0 bridgehead atoms. The molecule has 0 radical (unpaired) electrons. The Hall–Kier alpha value is -1.40. The molecule has 138 valence electrons. The standard InChI is InChI=1S/C19H29N3O2S/c1-15(23)22-8-2-4-17(13-22)19(24)20-12-16-6-9-21(10-7-16)14-18-5-3-11-25-18/h3,5,11,16-17H,2,4,6-10,12-14H2,1H3,(H,20,24). The van der Waals surface area contributed by atoms with Gasteiger partial charge in [-0.1, -0.05) is 6.07 Å². The molecule has 0 saturated carbocycles. The first-order chi connectivity index (χ1) is 12.1. The van der Waals surface area contributed by atoms with Crippen LogP contribution in [0.25, 0.3) is 0 Å². The highest BCUT2D eigenvalue weighted by molar-refractivity contribution is 7.09. The van der Waals surface area contributed by atoms with Gasteiger partial charge in [-0.3, -0.25) is 14.5 Å². The van der Waals surface area contributed by atoms with Crippen molar-refractivity contribution in [2.24, 2.45) is 11.8 Å². The molecule has 1 aromatic rings. The summed E-state index contributed by atoms with van der Waals surface area (Å²) < 4.78 is 0. The van der Waals surface area contributed by atoms with E-state index in [1.165, 1.54) is 4.88 Å². The van der Waals surface area contributed by atoms with Crippen LogP contribution in [0.5, 0.6) is 0 Å². The molecule has 1 N–H and O–H groups in total. The Balaban J connectivity index is 1.36. The van der Waals surface area contributed by atoms with E-state index in [-0.39, 0.29) is 17.7 Å². The average molecular weight is 364 g/mol. The maximum absolute atomic E-state index is 12.4. The summed E-state index contributed by atoms with van der Waals surface area (Å²) in [5.74, 6) is 0.759. The van der Waals surface area contributed by atoms with Gasteiger partial charge >= 0.3 is 0 Å². The van der Waals surface area contributed by atoms with Gasteiger partial charge in [0, 0.05) is 38.0 Å². The van der Waals surface area contributed by atoms with Gasteiger partial charge < -0.3 is 10.2 Å². The summed E-state index contributed by atoms with van der Waals surface area (Å²) in [7, 11) is 0. The van der Waals surface area contributed by atoms with Crippen molar-refractivity contribution in [3.63, 3.8) is 0 Å². The first kappa shape index (κ1) is 18.4. The van der Waals surface area contributed by atoms with E-state index in [1.807, 2.05) is 11.3 Å². The smallest absolute Gasteiger partial charge is 0.224 e. The van der Waals surface area contributed by atoms with Gasteiger partial charge in [-0.25, -0.2) is 0 Å². The largest absolute Gasteiger partial charge is 0.356 e. The van der Waals surface area contributed by atoms with Crippen LogP contribution in [-0.4, -0.2) is 54.3 Å². The molecule has 1 unspecified atom stereocenters. The van der Waals surface area contributed by atoms with Crippen molar-refractivity contribution in [2.45, 2.75) is 39.2 Å². The number of carbonyl (C=O) groups is 2. The second-order valence-corrected chi connectivity index (χ2v) is 8.38. The van der Waals surface area contributed by atoms with E-state index in [0.29, 0.717) is 12.5 Å². The van der Waals surface area contributed by atoms with Crippen LogP contribution in [-0.2, 0) is 16.1 Å². The van der Waals surface area contributed by atoms with Crippen LogP contribution in [0.2, 0.25) is 0 Å². The van der Waals surface area contributed by atoms with E-state index in [2.05, 4.69) is 27.7 Å². The fourth-order valence-electron chi connectivity index (χ4n) is 3.84. The van der Waals surface area contributed by atoms with Gasteiger partial charge in [-0.15, -0.1) is 11.3 Å². The van der Waals surface area contributed by atoms with Gasteiger partial charge in [0.25, 0.3) is 0 Å². The molecule has 2 aliphatic rings. The minimum Gasteiger partial charge on any atom is -0.356 e. The third-order valence-electron chi connectivity index (χ3n) is 5.47. The zero-order valence-electron chi connectivity index (χ0n) is 15.1. The minimum absolute atomic E-state index is 0.0310. The lowest BCUT2D eigenvalue weighted by Gasteiger charge is -2.33. The van der Waals surface area contributed by atoms with Crippen molar-refractivity contribution < 1.29 is 9.59 Å². The summed E-state index contributed by atoms with van der Waals surface area (Å²) in [5.41, 5.74) is 0. The monoisotopic (exact) mass is 363 g/mol. The van der Waals surface area contributed by atoms with Crippen molar-refractivity contribution in [3.05, 3.63) is 22.4 Å². The zero-order chi connectivity index (χ0) is 17.6. The molecule has 2 saturated heterocycles. The lowest BCUT2D eigenvalue weighted by Crippen LogP contribution is -2.46. The summed E-state index contributed by atoms with van der Waals surface area (Å²) in [5, 5.41) is 5.28. The average Bonchev–Trinajstić information content (AvgIpc) is 3.14. The molecule has 5 nitrogen and oxygen atoms in total. The van der Waals surface area contributed by atoms with Gasteiger partial charge in [0.2, 0.25) is 11.8 Å². The van der Waals surface area contributed by atoms with Crippen LogP contribution >= 0.6 is 11.3 Å². The zero-order valence-corrected chi connectivity index (χ0v) is 15.9. The van der Waals surface area contributed by atoms with Crippen molar-refractivity contribution in [1.82, 2.24) is 15.1 Å². The van der Waals surface area contributed by atoms with Crippen LogP contribution in [0.1, 0.15) is 37.5 Å². The highest BCUT2D eigenvalue weighted by Gasteiger charge is 2.27. The van der Waals surface area contributed by atoms with Crippen LogP contribution in [0, 0.1) is 11.8 Å². The summed E-state index contributed by atoms with van der Waals surface area (Å²) in [6, 6.07) is 4.31. The number of piperidine rings is 2. The Bertz CT molecular complexity index is 567. The molecule has 2 fully saturated rings. The Kier molecular flexibility index (Phi) is 6.48. The Morgan fingerprint density at radius 3 is 2.72 bits per heavy atom. The highest BCUT2D eigenvalue weighted by Crippen LogP contribution is 2.21. The molecule has 0 aromatic carbocycles. The second-order valence-electron chi connectivity index (χ2n) is 7.35. The van der Waals surface area contributed by atoms with Crippen molar-refractivity contribution in [3.8, 4) is 0 Å². The molecular weight excluding hydrogens is 334 g/mol. The molecule has 3 heterocycles. The summed E-state index contributed by atoms with van der Waals surface area (Å²) >= 11 is 1.82. The number of hydrogen-bond donors (Lipinski definition) is 1. The van der Waals surface area contributed by atoms with Crippen molar-refractivity contribution >= 4 is 23.2 Å². The van der Waals surface area contributed by atoms with E-state index in [9.17, 15) is 9.59 Å². The number of amides is 2. The number of likely N-dealkylation sites (tertiary alicyclic amines) is 2. The Labute approximate surface area is 154 Å². The molecule has 0 spiro atoms. The van der Waals surface area contributed by atoms with Crippen LogP contribution in [0.3, 0.4) is 0 Å². The van der Waals surface area contributed by atoms with Crippen LogP contribution in [0.15, 0.2) is 17.5 Å². The summed E-state index contributed by atoms with van der Waals surface area (Å²) in [6.07, 6.45) is 4.12. The van der Waals surface area contributed by atoms with E-state index in [4.69, 9.17) is 0 Å². The number of rotatable bonds is 5. The van der Waals surface area contributed by atoms with Gasteiger partial charge in [-0.05, 0) is 56.1 Å². The molecular formula is C19H29N3O2S. The van der Waals surface area contributed by atoms with E-state index < -0.39 is 0 Å². The normalized spacial score (nSPS) is 22.8. The number of carbonyl (C=O) groups excluding carboxylic acids is 2. The number of nitrogens with zero attached hydrogens (tertiary/aromatic N) is 2. The Morgan fingerprint density at radius 2 is 2.04 bits per heavy atom. The third-order valence-corrected chi connectivity index (χ3v) is 6.33. The van der Waals surface area contributed by atoms with Crippen LogP contribution in [0.4, 0.5) is 0 Å². The maximum Gasteiger partial charge on any atom is 0.224 e. The van der Waals surface area contributed by atoms with Crippen LogP contribution < -0.4 is 5.32 Å². The molecule has 25 heavy (non-hydrogen) atoms. The Morgan fingerprint density at radius 1 is 1.24 bits per heavy atom. The number of nitrogens with one attached hydrogen (secondary N) is 1. The molecule has 1 aromatic heterocycles. The van der Waals surface area contributed by atoms with Gasteiger partial charge in [0.05, 0.1) is 5.92 Å². The van der Waals surface area contributed by atoms with Crippen molar-refractivity contribution in [1.29, 1.82) is 0 Å². The molecule has 2 amide bonds. The quantitative estimate of drug-likeness (QED) is 0.874. The first-order valence-electron chi connectivity index (χ1n) is 9.40. The second kappa shape index (κ2) is 8.81. The molecule has 0 aliphatic carbocycles. The highest BCUT2D eigenvalue weighted by atomic mass is 32.1. The number of hydrogen-bond acceptors (Lipinski definition) is 4. The summed E-state index contributed by atoms with van der Waals surface area (Å²) in [6.45, 7) is 7.02. The third kappa shape index (κ3) is 5.28. The SMILES string of the molecule is CC(=O)N1CCCC(C(=O)NCC2CCN(Cc3cccs3)CC2)C1. The topological polar surface area (TPSA) is 52.7 Å². The first-order valence-corrected chi connectivity index (χ1v) is 10.3. The van der Waals surface area contributed by atoms with E-state index >= 15 is 0 Å². The molecule has 3 rings (SSSR count). The fourth-order valence-corrected chi connectivity index (χ4v) is 4.58. The van der Waals surface area contributed by atoms with E-state index in [0.717, 1.165) is 58.4 Å². The van der Waals surface area contributed by atoms with E-state index in [1.54, 1.807) is 11.8 Å². The number of thiophene rings is 1.